The third-order valence-electron chi connectivity index (χ3n) is 6.36. The summed E-state index contributed by atoms with van der Waals surface area (Å²) in [5.41, 5.74) is -0.672. The Morgan fingerprint density at radius 3 is 2.79 bits per heavy atom. The minimum absolute atomic E-state index is 0.152. The summed E-state index contributed by atoms with van der Waals surface area (Å²) in [6, 6.07) is 0. The molecule has 0 saturated carbocycles. The Morgan fingerprint density at radius 2 is 2.13 bits per heavy atom. The number of carbonyl (C=O) groups is 1. The summed E-state index contributed by atoms with van der Waals surface area (Å²) in [7, 11) is 2.86. The average molecular weight is 566 g/mol. The number of amides is 1. The lowest BCUT2D eigenvalue weighted by Crippen LogP contribution is -2.40. The van der Waals surface area contributed by atoms with Gasteiger partial charge in [0, 0.05) is 37.5 Å². The molecule has 1 saturated heterocycles. The second-order valence-electron chi connectivity index (χ2n) is 9.53. The van der Waals surface area contributed by atoms with Crippen LogP contribution >= 0.6 is 23.1 Å². The van der Waals surface area contributed by atoms with Gasteiger partial charge in [-0.25, -0.2) is 14.8 Å². The molecule has 0 radical (unpaired) electrons. The number of carbonyl (C=O) groups excluding carboxylic acids is 1. The number of thioether (sulfide) groups is 1. The monoisotopic (exact) mass is 565 g/mol. The molecule has 38 heavy (non-hydrogen) atoms. The van der Waals surface area contributed by atoms with Crippen LogP contribution in [0, 0.1) is 5.92 Å². The molecule has 0 bridgehead atoms. The zero-order chi connectivity index (χ0) is 27.4. The van der Waals surface area contributed by atoms with Crippen LogP contribution in [0.1, 0.15) is 48.3 Å². The molecular formula is C25H35N5O6S2. The van der Waals surface area contributed by atoms with Gasteiger partial charge in [-0.1, -0.05) is 25.6 Å². The van der Waals surface area contributed by atoms with Gasteiger partial charge in [-0.05, 0) is 31.4 Å². The van der Waals surface area contributed by atoms with Crippen LogP contribution in [0.3, 0.4) is 0 Å². The second-order valence-corrected chi connectivity index (χ2v) is 11.4. The first-order valence-electron chi connectivity index (χ1n) is 12.7. The van der Waals surface area contributed by atoms with Gasteiger partial charge >= 0.3 is 5.69 Å². The van der Waals surface area contributed by atoms with E-state index in [1.165, 1.54) is 42.3 Å². The average Bonchev–Trinajstić information content (AvgIpc) is 3.52. The van der Waals surface area contributed by atoms with E-state index in [1.807, 2.05) is 30.9 Å². The molecule has 3 aromatic rings. The van der Waals surface area contributed by atoms with Crippen LogP contribution in [0.2, 0.25) is 0 Å². The first-order valence-corrected chi connectivity index (χ1v) is 14.7. The van der Waals surface area contributed by atoms with Crippen LogP contribution in [0.15, 0.2) is 27.1 Å². The van der Waals surface area contributed by atoms with Gasteiger partial charge < -0.3 is 14.0 Å². The maximum atomic E-state index is 14.0. The zero-order valence-electron chi connectivity index (χ0n) is 22.5. The van der Waals surface area contributed by atoms with Crippen molar-refractivity contribution in [1.82, 2.24) is 23.7 Å². The lowest BCUT2D eigenvalue weighted by atomic mass is 10.1. The van der Waals surface area contributed by atoms with Crippen LogP contribution in [0.4, 0.5) is 0 Å². The molecule has 11 nitrogen and oxygen atoms in total. The fourth-order valence-corrected chi connectivity index (χ4v) is 6.32. The van der Waals surface area contributed by atoms with E-state index in [-0.39, 0.29) is 36.3 Å². The van der Waals surface area contributed by atoms with E-state index < -0.39 is 17.2 Å². The van der Waals surface area contributed by atoms with Crippen molar-refractivity contribution in [2.75, 3.05) is 33.1 Å². The number of hydroxylamine groups is 2. The van der Waals surface area contributed by atoms with Crippen molar-refractivity contribution in [3.8, 4) is 0 Å². The van der Waals surface area contributed by atoms with E-state index in [2.05, 4.69) is 4.98 Å². The Balaban J connectivity index is 1.78. The quantitative estimate of drug-likeness (QED) is 0.258. The SMILES string of the molecule is CON(CCOC1CCCCO1)C(=O)c1c(Cn2ccnc2SC)sc2c1c(=O)n(C)c(=O)n2CC(C)C. The molecule has 4 rings (SSSR count). The maximum absolute atomic E-state index is 14.0. The normalized spacial score (nSPS) is 16.0. The van der Waals surface area contributed by atoms with Gasteiger partial charge in [-0.2, -0.15) is 0 Å². The highest BCUT2D eigenvalue weighted by molar-refractivity contribution is 7.98. The predicted molar refractivity (Wildman–Crippen MR) is 147 cm³/mol. The summed E-state index contributed by atoms with van der Waals surface area (Å²) in [6.07, 6.45) is 8.02. The fourth-order valence-electron chi connectivity index (χ4n) is 4.51. The number of thiophene rings is 1. The van der Waals surface area contributed by atoms with Crippen molar-refractivity contribution >= 4 is 39.2 Å². The smallest absolute Gasteiger partial charge is 0.331 e. The molecule has 1 unspecified atom stereocenters. The number of imidazole rings is 1. The summed E-state index contributed by atoms with van der Waals surface area (Å²) >= 11 is 2.77. The minimum Gasteiger partial charge on any atom is -0.353 e. The molecule has 1 aliphatic heterocycles. The number of fused-ring (bicyclic) bond motifs is 1. The summed E-state index contributed by atoms with van der Waals surface area (Å²) in [4.78, 5) is 51.5. The van der Waals surface area contributed by atoms with Gasteiger partial charge in [-0.3, -0.25) is 23.6 Å². The third kappa shape index (κ3) is 5.91. The lowest BCUT2D eigenvalue weighted by Gasteiger charge is -2.25. The van der Waals surface area contributed by atoms with Crippen LogP contribution in [0.5, 0.6) is 0 Å². The van der Waals surface area contributed by atoms with Crippen molar-refractivity contribution < 1.29 is 19.1 Å². The molecule has 1 fully saturated rings. The number of aromatic nitrogens is 4. The Hall–Kier alpha value is -2.45. The van der Waals surface area contributed by atoms with E-state index in [1.54, 1.807) is 10.8 Å². The summed E-state index contributed by atoms with van der Waals surface area (Å²) in [5, 5.41) is 2.20. The second kappa shape index (κ2) is 12.6. The highest BCUT2D eigenvalue weighted by Crippen LogP contribution is 2.32. The van der Waals surface area contributed by atoms with E-state index in [0.29, 0.717) is 29.4 Å². The molecule has 1 aliphatic rings. The Morgan fingerprint density at radius 1 is 1.34 bits per heavy atom. The highest BCUT2D eigenvalue weighted by atomic mass is 32.2. The summed E-state index contributed by atoms with van der Waals surface area (Å²) in [6.45, 7) is 5.77. The molecule has 0 aromatic carbocycles. The minimum atomic E-state index is -0.505. The van der Waals surface area contributed by atoms with Crippen molar-refractivity contribution in [2.24, 2.45) is 13.0 Å². The fraction of sp³-hybridized carbons (Fsp3) is 0.600. The first kappa shape index (κ1) is 28.6. The van der Waals surface area contributed by atoms with E-state index in [0.717, 1.165) is 29.0 Å². The van der Waals surface area contributed by atoms with Crippen LogP contribution in [-0.2, 0) is 34.4 Å². The van der Waals surface area contributed by atoms with Crippen LogP contribution in [0.25, 0.3) is 10.2 Å². The number of nitrogens with zero attached hydrogens (tertiary/aromatic N) is 5. The molecule has 3 aromatic heterocycles. The van der Waals surface area contributed by atoms with E-state index in [9.17, 15) is 14.4 Å². The van der Waals surface area contributed by atoms with Crippen molar-refractivity contribution in [1.29, 1.82) is 0 Å². The Kier molecular flexibility index (Phi) is 9.47. The summed E-state index contributed by atoms with van der Waals surface area (Å²) < 4.78 is 16.0. The van der Waals surface area contributed by atoms with E-state index in [4.69, 9.17) is 14.3 Å². The predicted octanol–water partition coefficient (Wildman–Crippen LogP) is 2.93. The molecule has 4 heterocycles. The van der Waals surface area contributed by atoms with Crippen LogP contribution < -0.4 is 11.2 Å². The Bertz CT molecular complexity index is 1390. The number of ether oxygens (including phenoxy) is 2. The molecule has 0 aliphatic carbocycles. The molecule has 208 valence electrons. The zero-order valence-corrected chi connectivity index (χ0v) is 24.1. The lowest BCUT2D eigenvalue weighted by molar-refractivity contribution is -0.177. The number of rotatable bonds is 11. The largest absolute Gasteiger partial charge is 0.353 e. The molecular weight excluding hydrogens is 530 g/mol. The summed E-state index contributed by atoms with van der Waals surface area (Å²) in [5.74, 6) is -0.302. The topological polar surface area (TPSA) is 110 Å². The highest BCUT2D eigenvalue weighted by Gasteiger charge is 2.29. The van der Waals surface area contributed by atoms with Crippen molar-refractivity contribution in [2.45, 2.75) is 57.6 Å². The number of hydrogen-bond acceptors (Lipinski definition) is 9. The Labute approximate surface area is 229 Å². The van der Waals surface area contributed by atoms with Crippen molar-refractivity contribution in [3.63, 3.8) is 0 Å². The van der Waals surface area contributed by atoms with Gasteiger partial charge in [0.05, 0.1) is 37.8 Å². The number of hydrogen-bond donors (Lipinski definition) is 0. The third-order valence-corrected chi connectivity index (χ3v) is 8.26. The molecule has 1 atom stereocenters. The van der Waals surface area contributed by atoms with Crippen molar-refractivity contribution in [3.05, 3.63) is 43.7 Å². The molecule has 0 N–H and O–H groups in total. The molecule has 13 heteroatoms. The van der Waals surface area contributed by atoms with Gasteiger partial charge in [0.2, 0.25) is 0 Å². The van der Waals surface area contributed by atoms with Gasteiger partial charge in [-0.15, -0.1) is 11.3 Å². The van der Waals surface area contributed by atoms with Gasteiger partial charge in [0.15, 0.2) is 11.4 Å². The first-order chi connectivity index (χ1) is 18.3. The maximum Gasteiger partial charge on any atom is 0.331 e. The molecule has 1 amide bonds. The van der Waals surface area contributed by atoms with Gasteiger partial charge in [0.1, 0.15) is 4.83 Å². The standard InChI is InChI=1S/C25H35N5O6S2/c1-16(2)14-29-23-20(21(31)27(3)25(29)33)19(17(38-23)15-28-10-9-26-24(28)37-5)22(32)30(34-4)11-13-36-18-8-6-7-12-35-18/h9-10,16,18H,6-8,11-15H2,1-5H3. The molecule has 0 spiro atoms. The van der Waals surface area contributed by atoms with Gasteiger partial charge in [0.25, 0.3) is 11.5 Å². The van der Waals surface area contributed by atoms with Crippen LogP contribution in [-0.4, -0.2) is 69.1 Å². The van der Waals surface area contributed by atoms with E-state index >= 15 is 0 Å².